The van der Waals surface area contributed by atoms with E-state index in [1.807, 2.05) is 55.5 Å². The molecular formula is C26H33N3O4. The van der Waals surface area contributed by atoms with Gasteiger partial charge in [-0.2, -0.15) is 0 Å². The molecule has 1 N–H and O–H groups in total. The Kier molecular flexibility index (Phi) is 8.49. The van der Waals surface area contributed by atoms with Crippen LogP contribution < -0.4 is 14.8 Å². The average Bonchev–Trinajstić information content (AvgIpc) is 3.32. The fourth-order valence-electron chi connectivity index (χ4n) is 3.61. The maximum atomic E-state index is 12.7. The number of hydrogen-bond acceptors (Lipinski definition) is 6. The molecule has 0 aliphatic rings. The number of oxazole rings is 1. The fourth-order valence-corrected chi connectivity index (χ4v) is 3.61. The summed E-state index contributed by atoms with van der Waals surface area (Å²) >= 11 is 0. The first-order valence-corrected chi connectivity index (χ1v) is 11.2. The predicted octanol–water partition coefficient (Wildman–Crippen LogP) is 4.98. The molecule has 0 saturated heterocycles. The zero-order chi connectivity index (χ0) is 23.8. The molecule has 33 heavy (non-hydrogen) atoms. The Labute approximate surface area is 195 Å². The second-order valence-corrected chi connectivity index (χ2v) is 8.07. The van der Waals surface area contributed by atoms with Gasteiger partial charge in [-0.1, -0.05) is 37.3 Å². The second kappa shape index (κ2) is 11.5. The highest BCUT2D eigenvalue weighted by Crippen LogP contribution is 2.27. The van der Waals surface area contributed by atoms with Gasteiger partial charge in [-0.05, 0) is 44.0 Å². The zero-order valence-electron chi connectivity index (χ0n) is 20.0. The molecule has 0 aliphatic heterocycles. The highest BCUT2D eigenvalue weighted by molar-refractivity contribution is 5.92. The summed E-state index contributed by atoms with van der Waals surface area (Å²) in [4.78, 5) is 19.4. The summed E-state index contributed by atoms with van der Waals surface area (Å²) in [6.07, 6.45) is 2.37. The van der Waals surface area contributed by atoms with Crippen LogP contribution in [0.1, 0.15) is 60.7 Å². The van der Waals surface area contributed by atoms with E-state index in [4.69, 9.17) is 13.9 Å². The lowest BCUT2D eigenvalue weighted by atomic mass is 10.1. The maximum Gasteiger partial charge on any atom is 0.273 e. The SMILES string of the molecule is CC[C@H](C)N(Cc1nc(C(=O)N[C@@H](C)c2ccccc2)co1)Cc1cc(OC)ccc1OC. The van der Waals surface area contributed by atoms with Crippen molar-refractivity contribution >= 4 is 5.91 Å². The van der Waals surface area contributed by atoms with Crippen molar-refractivity contribution in [2.24, 2.45) is 0 Å². The largest absolute Gasteiger partial charge is 0.497 e. The van der Waals surface area contributed by atoms with E-state index in [1.165, 1.54) is 6.26 Å². The predicted molar refractivity (Wildman–Crippen MR) is 127 cm³/mol. The molecular weight excluding hydrogens is 418 g/mol. The Hall–Kier alpha value is -3.32. The van der Waals surface area contributed by atoms with Crippen molar-refractivity contribution in [1.29, 1.82) is 0 Å². The summed E-state index contributed by atoms with van der Waals surface area (Å²) in [5.41, 5.74) is 2.32. The van der Waals surface area contributed by atoms with Gasteiger partial charge in [-0.15, -0.1) is 0 Å². The van der Waals surface area contributed by atoms with Crippen LogP contribution in [0.25, 0.3) is 0 Å². The smallest absolute Gasteiger partial charge is 0.273 e. The quantitative estimate of drug-likeness (QED) is 0.443. The molecule has 1 amide bonds. The van der Waals surface area contributed by atoms with Gasteiger partial charge in [-0.3, -0.25) is 9.69 Å². The van der Waals surface area contributed by atoms with Crippen LogP contribution in [0.15, 0.2) is 59.2 Å². The lowest BCUT2D eigenvalue weighted by Crippen LogP contribution is -2.32. The van der Waals surface area contributed by atoms with Crippen LogP contribution in [0.2, 0.25) is 0 Å². The third kappa shape index (κ3) is 6.35. The number of nitrogens with one attached hydrogen (secondary N) is 1. The number of aromatic nitrogens is 1. The normalized spacial score (nSPS) is 12.9. The van der Waals surface area contributed by atoms with Gasteiger partial charge in [0.2, 0.25) is 5.89 Å². The highest BCUT2D eigenvalue weighted by Gasteiger charge is 2.21. The van der Waals surface area contributed by atoms with Crippen molar-refractivity contribution in [3.05, 3.63) is 77.5 Å². The minimum Gasteiger partial charge on any atom is -0.497 e. The molecule has 0 saturated carbocycles. The molecule has 2 atom stereocenters. The molecule has 0 aliphatic carbocycles. The Morgan fingerprint density at radius 1 is 1.09 bits per heavy atom. The van der Waals surface area contributed by atoms with Crippen LogP contribution in [0.4, 0.5) is 0 Å². The fraction of sp³-hybridized carbons (Fsp3) is 0.385. The van der Waals surface area contributed by atoms with Crippen molar-refractivity contribution in [2.75, 3.05) is 14.2 Å². The van der Waals surface area contributed by atoms with Gasteiger partial charge in [0.15, 0.2) is 5.69 Å². The van der Waals surface area contributed by atoms with E-state index in [-0.39, 0.29) is 23.7 Å². The van der Waals surface area contributed by atoms with E-state index in [0.29, 0.717) is 19.0 Å². The van der Waals surface area contributed by atoms with E-state index in [2.05, 4.69) is 29.0 Å². The van der Waals surface area contributed by atoms with Gasteiger partial charge in [0, 0.05) is 18.2 Å². The number of carbonyl (C=O) groups excluding carboxylic acids is 1. The second-order valence-electron chi connectivity index (χ2n) is 8.07. The molecule has 176 valence electrons. The van der Waals surface area contributed by atoms with Crippen LogP contribution >= 0.6 is 0 Å². The summed E-state index contributed by atoms with van der Waals surface area (Å²) in [6, 6.07) is 15.7. The molecule has 0 bridgehead atoms. The number of methoxy groups -OCH3 is 2. The molecule has 7 nitrogen and oxygen atoms in total. The van der Waals surface area contributed by atoms with Crippen molar-refractivity contribution in [3.63, 3.8) is 0 Å². The van der Waals surface area contributed by atoms with Crippen molar-refractivity contribution in [1.82, 2.24) is 15.2 Å². The van der Waals surface area contributed by atoms with E-state index in [9.17, 15) is 4.79 Å². The topological polar surface area (TPSA) is 76.8 Å². The average molecular weight is 452 g/mol. The van der Waals surface area contributed by atoms with Crippen molar-refractivity contribution in [3.8, 4) is 11.5 Å². The summed E-state index contributed by atoms with van der Waals surface area (Å²) in [7, 11) is 3.31. The van der Waals surface area contributed by atoms with Crippen molar-refractivity contribution in [2.45, 2.75) is 52.4 Å². The Morgan fingerprint density at radius 2 is 1.85 bits per heavy atom. The van der Waals surface area contributed by atoms with Gasteiger partial charge < -0.3 is 19.2 Å². The molecule has 0 unspecified atom stereocenters. The van der Waals surface area contributed by atoms with Gasteiger partial charge >= 0.3 is 0 Å². The Morgan fingerprint density at radius 3 is 2.52 bits per heavy atom. The number of hydrogen-bond donors (Lipinski definition) is 1. The third-order valence-corrected chi connectivity index (χ3v) is 5.85. The van der Waals surface area contributed by atoms with Crippen LogP contribution in [-0.4, -0.2) is 36.1 Å². The van der Waals surface area contributed by atoms with Crippen LogP contribution in [0.3, 0.4) is 0 Å². The molecule has 0 radical (unpaired) electrons. The highest BCUT2D eigenvalue weighted by atomic mass is 16.5. The van der Waals surface area contributed by atoms with E-state index in [0.717, 1.165) is 29.0 Å². The number of benzene rings is 2. The van der Waals surface area contributed by atoms with Crippen LogP contribution in [-0.2, 0) is 13.1 Å². The summed E-state index contributed by atoms with van der Waals surface area (Å²) < 4.78 is 16.6. The Bertz CT molecular complexity index is 1040. The summed E-state index contributed by atoms with van der Waals surface area (Å²) in [5, 5.41) is 2.98. The Balaban J connectivity index is 1.71. The molecule has 0 fully saturated rings. The first-order chi connectivity index (χ1) is 15.9. The molecule has 1 aromatic heterocycles. The monoisotopic (exact) mass is 451 g/mol. The van der Waals surface area contributed by atoms with Gasteiger partial charge in [0.1, 0.15) is 17.8 Å². The molecule has 3 aromatic rings. The molecule has 0 spiro atoms. The first-order valence-electron chi connectivity index (χ1n) is 11.2. The zero-order valence-corrected chi connectivity index (χ0v) is 20.0. The van der Waals surface area contributed by atoms with Crippen LogP contribution in [0.5, 0.6) is 11.5 Å². The third-order valence-electron chi connectivity index (χ3n) is 5.85. The molecule has 7 heteroatoms. The first kappa shape index (κ1) is 24.3. The molecule has 3 rings (SSSR count). The maximum absolute atomic E-state index is 12.7. The number of amides is 1. The standard InChI is InChI=1S/C26H33N3O4/c1-6-18(2)29(15-21-14-22(31-4)12-13-24(21)32-5)16-25-28-23(17-33-25)26(30)27-19(3)20-10-8-7-9-11-20/h7-14,17-19H,6,15-16H2,1-5H3,(H,27,30)/t18-,19-/m0/s1. The van der Waals surface area contributed by atoms with E-state index < -0.39 is 0 Å². The molecule has 1 heterocycles. The van der Waals surface area contributed by atoms with E-state index in [1.54, 1.807) is 14.2 Å². The minimum atomic E-state index is -0.258. The van der Waals surface area contributed by atoms with Gasteiger partial charge in [0.25, 0.3) is 5.91 Å². The number of ether oxygens (including phenoxy) is 2. The lowest BCUT2D eigenvalue weighted by Gasteiger charge is -2.28. The lowest BCUT2D eigenvalue weighted by molar-refractivity contribution is 0.0934. The van der Waals surface area contributed by atoms with E-state index >= 15 is 0 Å². The minimum absolute atomic E-state index is 0.129. The summed E-state index contributed by atoms with van der Waals surface area (Å²) in [6.45, 7) is 7.34. The number of carbonyl (C=O) groups is 1. The van der Waals surface area contributed by atoms with Crippen molar-refractivity contribution < 1.29 is 18.7 Å². The number of rotatable bonds is 11. The van der Waals surface area contributed by atoms with Crippen LogP contribution in [0, 0.1) is 0 Å². The van der Waals surface area contributed by atoms with Gasteiger partial charge in [-0.25, -0.2) is 4.98 Å². The van der Waals surface area contributed by atoms with Gasteiger partial charge in [0.05, 0.1) is 26.8 Å². The number of nitrogens with zero attached hydrogens (tertiary/aromatic N) is 2. The molecule has 2 aromatic carbocycles. The summed E-state index contributed by atoms with van der Waals surface area (Å²) in [5.74, 6) is 1.81.